The number of aliphatic hydroxyl groups is 1. The first-order valence-corrected chi connectivity index (χ1v) is 8.27. The molecule has 1 saturated heterocycles. The zero-order valence-electron chi connectivity index (χ0n) is 13.4. The number of nitrogens with zero attached hydrogens (tertiary/aromatic N) is 4. The second kappa shape index (κ2) is 8.04. The van der Waals surface area contributed by atoms with E-state index in [4.69, 9.17) is 0 Å². The maximum absolute atomic E-state index is 9.30. The molecule has 5 heteroatoms. The van der Waals surface area contributed by atoms with Crippen LogP contribution in [0.15, 0.2) is 42.9 Å². The highest BCUT2D eigenvalue weighted by molar-refractivity contribution is 5.40. The molecule has 0 amide bonds. The predicted molar refractivity (Wildman–Crippen MR) is 91.1 cm³/mol. The van der Waals surface area contributed by atoms with E-state index < -0.39 is 0 Å². The molecule has 1 aliphatic heterocycles. The van der Waals surface area contributed by atoms with E-state index in [2.05, 4.69) is 38.0 Å². The van der Waals surface area contributed by atoms with Gasteiger partial charge < -0.3 is 10.0 Å². The minimum absolute atomic E-state index is 0.152. The molecule has 1 N–H and O–H groups in total. The van der Waals surface area contributed by atoms with Crippen molar-refractivity contribution in [3.8, 4) is 0 Å². The fourth-order valence-electron chi connectivity index (χ4n) is 3.01. The SMILES string of the molecule is OCCN(Cc1cccnc1)Cc1ccc(N2CCCC2)nc1. The van der Waals surface area contributed by atoms with E-state index in [1.165, 1.54) is 18.4 Å². The van der Waals surface area contributed by atoms with E-state index in [1.807, 2.05) is 18.5 Å². The highest BCUT2D eigenvalue weighted by atomic mass is 16.3. The first-order chi connectivity index (χ1) is 11.3. The number of hydrogen-bond donors (Lipinski definition) is 1. The van der Waals surface area contributed by atoms with Gasteiger partial charge in [-0.1, -0.05) is 12.1 Å². The minimum atomic E-state index is 0.152. The molecule has 0 radical (unpaired) electrons. The molecule has 2 aromatic rings. The van der Waals surface area contributed by atoms with Crippen molar-refractivity contribution in [2.24, 2.45) is 0 Å². The molecule has 0 unspecified atom stereocenters. The summed E-state index contributed by atoms with van der Waals surface area (Å²) in [6, 6.07) is 8.26. The van der Waals surface area contributed by atoms with E-state index in [0.717, 1.165) is 37.6 Å². The Balaban J connectivity index is 1.62. The number of pyridine rings is 2. The lowest BCUT2D eigenvalue weighted by molar-refractivity contribution is 0.184. The summed E-state index contributed by atoms with van der Waals surface area (Å²) < 4.78 is 0. The maximum atomic E-state index is 9.30. The van der Waals surface area contributed by atoms with Crippen LogP contribution in [-0.2, 0) is 13.1 Å². The van der Waals surface area contributed by atoms with Crippen molar-refractivity contribution in [2.45, 2.75) is 25.9 Å². The molecule has 5 nitrogen and oxygen atoms in total. The van der Waals surface area contributed by atoms with Gasteiger partial charge in [-0.2, -0.15) is 0 Å². The number of aliphatic hydroxyl groups excluding tert-OH is 1. The summed E-state index contributed by atoms with van der Waals surface area (Å²) in [6.07, 6.45) is 8.14. The Morgan fingerprint density at radius 2 is 1.83 bits per heavy atom. The zero-order chi connectivity index (χ0) is 15.9. The highest BCUT2D eigenvalue weighted by Crippen LogP contribution is 2.18. The van der Waals surface area contributed by atoms with Crippen LogP contribution in [-0.4, -0.2) is 46.2 Å². The van der Waals surface area contributed by atoms with E-state index in [-0.39, 0.29) is 6.61 Å². The first kappa shape index (κ1) is 15.9. The van der Waals surface area contributed by atoms with Gasteiger partial charge in [0.2, 0.25) is 0 Å². The lowest BCUT2D eigenvalue weighted by Gasteiger charge is -2.22. The van der Waals surface area contributed by atoms with Crippen molar-refractivity contribution >= 4 is 5.82 Å². The Morgan fingerprint density at radius 3 is 2.43 bits per heavy atom. The van der Waals surface area contributed by atoms with Crippen LogP contribution >= 0.6 is 0 Å². The zero-order valence-corrected chi connectivity index (χ0v) is 13.4. The van der Waals surface area contributed by atoms with Gasteiger partial charge in [0.1, 0.15) is 5.82 Å². The van der Waals surface area contributed by atoms with E-state index in [1.54, 1.807) is 6.20 Å². The smallest absolute Gasteiger partial charge is 0.128 e. The molecule has 0 aliphatic carbocycles. The van der Waals surface area contributed by atoms with Crippen LogP contribution in [0.3, 0.4) is 0 Å². The van der Waals surface area contributed by atoms with Crippen molar-refractivity contribution < 1.29 is 5.11 Å². The van der Waals surface area contributed by atoms with Crippen LogP contribution in [0.5, 0.6) is 0 Å². The van der Waals surface area contributed by atoms with E-state index in [9.17, 15) is 5.11 Å². The average Bonchev–Trinajstić information content (AvgIpc) is 3.11. The number of rotatable bonds is 7. The molecule has 1 aliphatic rings. The van der Waals surface area contributed by atoms with Gasteiger partial charge in [-0.15, -0.1) is 0 Å². The molecule has 3 rings (SSSR count). The molecule has 23 heavy (non-hydrogen) atoms. The summed E-state index contributed by atoms with van der Waals surface area (Å²) in [5, 5.41) is 9.30. The van der Waals surface area contributed by atoms with Crippen molar-refractivity contribution in [2.75, 3.05) is 31.1 Å². The summed E-state index contributed by atoms with van der Waals surface area (Å²) in [5.41, 5.74) is 2.33. The second-order valence-corrected chi connectivity index (χ2v) is 6.01. The molecule has 0 saturated carbocycles. The van der Waals surface area contributed by atoms with Gasteiger partial charge in [0.25, 0.3) is 0 Å². The summed E-state index contributed by atoms with van der Waals surface area (Å²) in [7, 11) is 0. The van der Waals surface area contributed by atoms with Crippen LogP contribution in [0, 0.1) is 0 Å². The third-order valence-electron chi connectivity index (χ3n) is 4.19. The molecule has 1 fully saturated rings. The molecule has 0 atom stereocenters. The average molecular weight is 312 g/mol. The fourth-order valence-corrected chi connectivity index (χ4v) is 3.01. The van der Waals surface area contributed by atoms with Crippen LogP contribution < -0.4 is 4.90 Å². The molecule has 0 bridgehead atoms. The van der Waals surface area contributed by atoms with Gasteiger partial charge in [-0.25, -0.2) is 4.98 Å². The maximum Gasteiger partial charge on any atom is 0.128 e. The summed E-state index contributed by atoms with van der Waals surface area (Å²) >= 11 is 0. The minimum Gasteiger partial charge on any atom is -0.395 e. The normalized spacial score (nSPS) is 14.6. The summed E-state index contributed by atoms with van der Waals surface area (Å²) in [6.45, 7) is 4.58. The van der Waals surface area contributed by atoms with Gasteiger partial charge in [0, 0.05) is 51.3 Å². The molecule has 122 valence electrons. The summed E-state index contributed by atoms with van der Waals surface area (Å²) in [5.74, 6) is 1.08. The monoisotopic (exact) mass is 312 g/mol. The van der Waals surface area contributed by atoms with Crippen LogP contribution in [0.2, 0.25) is 0 Å². The third kappa shape index (κ3) is 4.50. The van der Waals surface area contributed by atoms with Crippen molar-refractivity contribution in [1.82, 2.24) is 14.9 Å². The van der Waals surface area contributed by atoms with Gasteiger partial charge >= 0.3 is 0 Å². The molecule has 0 aromatic carbocycles. The van der Waals surface area contributed by atoms with Gasteiger partial charge in [-0.3, -0.25) is 9.88 Å². The molecular formula is C18H24N4O. The van der Waals surface area contributed by atoms with E-state index in [0.29, 0.717) is 6.54 Å². The lowest BCUT2D eigenvalue weighted by Crippen LogP contribution is -2.26. The topological polar surface area (TPSA) is 52.5 Å². The Hall–Kier alpha value is -1.98. The Morgan fingerprint density at radius 1 is 1.04 bits per heavy atom. The largest absolute Gasteiger partial charge is 0.395 e. The van der Waals surface area contributed by atoms with Crippen molar-refractivity contribution in [1.29, 1.82) is 0 Å². The van der Waals surface area contributed by atoms with Gasteiger partial charge in [0.15, 0.2) is 0 Å². The number of aromatic nitrogens is 2. The Labute approximate surface area is 137 Å². The number of hydrogen-bond acceptors (Lipinski definition) is 5. The quantitative estimate of drug-likeness (QED) is 0.848. The molecule has 2 aromatic heterocycles. The Kier molecular flexibility index (Phi) is 5.56. The van der Waals surface area contributed by atoms with Crippen molar-refractivity contribution in [3.63, 3.8) is 0 Å². The standard InChI is InChI=1S/C18H24N4O/c23-11-10-21(14-16-4-3-7-19-12-16)15-17-5-6-18(20-13-17)22-8-1-2-9-22/h3-7,12-13,23H,1-2,8-11,14-15H2. The fraction of sp³-hybridized carbons (Fsp3) is 0.444. The highest BCUT2D eigenvalue weighted by Gasteiger charge is 2.13. The van der Waals surface area contributed by atoms with Crippen LogP contribution in [0.4, 0.5) is 5.82 Å². The third-order valence-corrected chi connectivity index (χ3v) is 4.19. The predicted octanol–water partition coefficient (Wildman–Crippen LogP) is 2.07. The van der Waals surface area contributed by atoms with Crippen LogP contribution in [0.25, 0.3) is 0 Å². The number of anilines is 1. The second-order valence-electron chi connectivity index (χ2n) is 6.01. The van der Waals surface area contributed by atoms with Gasteiger partial charge in [0.05, 0.1) is 6.61 Å². The van der Waals surface area contributed by atoms with E-state index >= 15 is 0 Å². The molecule has 0 spiro atoms. The first-order valence-electron chi connectivity index (χ1n) is 8.27. The molecule has 3 heterocycles. The lowest BCUT2D eigenvalue weighted by atomic mass is 10.2. The van der Waals surface area contributed by atoms with Gasteiger partial charge in [-0.05, 0) is 36.1 Å². The summed E-state index contributed by atoms with van der Waals surface area (Å²) in [4.78, 5) is 13.3. The van der Waals surface area contributed by atoms with Crippen molar-refractivity contribution in [3.05, 3.63) is 54.0 Å². The Bertz CT molecular complexity index is 582. The van der Waals surface area contributed by atoms with Crippen LogP contribution in [0.1, 0.15) is 24.0 Å². The molecular weight excluding hydrogens is 288 g/mol.